The number of ether oxygens (including phenoxy) is 3. The van der Waals surface area contributed by atoms with E-state index in [1.165, 1.54) is 21.2 Å². The predicted molar refractivity (Wildman–Crippen MR) is 239 cm³/mol. The summed E-state index contributed by atoms with van der Waals surface area (Å²) in [5.41, 5.74) is 5.87. The molecule has 2 saturated heterocycles. The molecule has 4 atom stereocenters. The van der Waals surface area contributed by atoms with Crippen LogP contribution >= 0.6 is 11.3 Å². The Kier molecular flexibility index (Phi) is 13.1. The summed E-state index contributed by atoms with van der Waals surface area (Å²) in [4.78, 5) is 69.3. The molecule has 4 aromatic rings. The molecule has 3 aromatic heterocycles. The SMILES string of the molecule is CCn1c(-c2cccnc2[C@H](C)OC)c2c3cc(ccc31)-c1csc(n1)C[C@H](NC(=O)[C@H](C(C)C)N(C)C(=O)N1CC(C)(OC)C1)C(=O)N1CCC[C@@](O)(N1)C(=O)OCC(C)(C)C2. The number of carbonyl (C=O) groups is 4. The van der Waals surface area contributed by atoms with Crippen molar-refractivity contribution in [3.8, 4) is 22.5 Å². The smallest absolute Gasteiger partial charge is 0.355 e. The minimum absolute atomic E-state index is 0.00222. The van der Waals surface area contributed by atoms with E-state index in [4.69, 9.17) is 24.2 Å². The van der Waals surface area contributed by atoms with Gasteiger partial charge in [-0.1, -0.05) is 33.8 Å². The van der Waals surface area contributed by atoms with Crippen LogP contribution in [0.4, 0.5) is 4.79 Å². The zero-order valence-electron chi connectivity index (χ0n) is 38.1. The van der Waals surface area contributed by atoms with Gasteiger partial charge in [0.1, 0.15) is 17.7 Å². The Morgan fingerprint density at radius 1 is 1.14 bits per heavy atom. The topological polar surface area (TPSA) is 181 Å². The first-order valence-electron chi connectivity index (χ1n) is 21.8. The first kappa shape index (κ1) is 46.1. The van der Waals surface area contributed by atoms with Gasteiger partial charge in [-0.15, -0.1) is 11.3 Å². The second-order valence-corrected chi connectivity index (χ2v) is 19.5. The number of hydrazine groups is 1. The quantitative estimate of drug-likeness (QED) is 0.185. The van der Waals surface area contributed by atoms with Gasteiger partial charge in [-0.05, 0) is 69.4 Å². The van der Waals surface area contributed by atoms with Gasteiger partial charge in [0.05, 0.1) is 47.9 Å². The standard InChI is InChI=1S/C46H62N8O8S/c1-11-53-35-16-15-29-20-31(35)32(39(53)30-14-12-18-47-37(30)28(4)60-9)22-44(5,6)26-62-42(57)46(59)17-13-19-54(50-46)41(56)33(21-36-48-34(29)23-63-36)49-40(55)38(27(2)3)51(8)43(58)52-24-45(7,25-52)61-10/h12,14-16,18,20,23,27-28,33,38,50,59H,11,13,17,19,21-22,24-26H2,1-10H3,(H,49,55)/t28-,33-,38-,46-/m0/s1. The van der Waals surface area contributed by atoms with Crippen molar-refractivity contribution in [1.82, 2.24) is 40.1 Å². The number of carbonyl (C=O) groups excluding carboxylic acids is 4. The highest BCUT2D eigenvalue weighted by atomic mass is 32.1. The fraction of sp³-hybridized carbons (Fsp3) is 0.565. The molecular weight excluding hydrogens is 825 g/mol. The van der Waals surface area contributed by atoms with Gasteiger partial charge >= 0.3 is 12.0 Å². The Morgan fingerprint density at radius 2 is 1.89 bits per heavy atom. The van der Waals surface area contributed by atoms with E-state index in [-0.39, 0.29) is 50.5 Å². The molecule has 63 heavy (non-hydrogen) atoms. The largest absolute Gasteiger partial charge is 0.462 e. The number of rotatable bonds is 9. The summed E-state index contributed by atoms with van der Waals surface area (Å²) in [6.07, 6.45) is 2.29. The Balaban J connectivity index is 1.30. The van der Waals surface area contributed by atoms with E-state index in [0.29, 0.717) is 36.8 Å². The second-order valence-electron chi connectivity index (χ2n) is 18.6. The average molecular weight is 887 g/mol. The number of likely N-dealkylation sites (N-methyl/N-ethyl adjacent to an activating group) is 1. The van der Waals surface area contributed by atoms with E-state index >= 15 is 0 Å². The minimum Gasteiger partial charge on any atom is -0.462 e. The summed E-state index contributed by atoms with van der Waals surface area (Å²) < 4.78 is 19.6. The first-order valence-corrected chi connectivity index (χ1v) is 22.6. The van der Waals surface area contributed by atoms with Gasteiger partial charge in [0.15, 0.2) is 0 Å². The number of aromatic nitrogens is 3. The van der Waals surface area contributed by atoms with Crippen LogP contribution in [0.3, 0.4) is 0 Å². The number of aryl methyl sites for hydroxylation is 1. The molecule has 16 nitrogen and oxygen atoms in total. The number of benzene rings is 1. The monoisotopic (exact) mass is 886 g/mol. The van der Waals surface area contributed by atoms with Gasteiger partial charge in [0.2, 0.25) is 11.6 Å². The van der Waals surface area contributed by atoms with Crippen molar-refractivity contribution in [2.24, 2.45) is 11.3 Å². The van der Waals surface area contributed by atoms with Crippen molar-refractivity contribution >= 4 is 46.1 Å². The fourth-order valence-electron chi connectivity index (χ4n) is 9.15. The number of pyridine rings is 1. The molecule has 0 unspecified atom stereocenters. The van der Waals surface area contributed by atoms with E-state index < -0.39 is 46.6 Å². The molecule has 2 fully saturated rings. The Bertz CT molecular complexity index is 2370. The second kappa shape index (κ2) is 17.9. The van der Waals surface area contributed by atoms with Crippen molar-refractivity contribution < 1.29 is 38.5 Å². The molecule has 3 aliphatic heterocycles. The maximum atomic E-state index is 14.6. The highest BCUT2D eigenvalue weighted by molar-refractivity contribution is 7.10. The molecule has 6 heterocycles. The Hall–Kier alpha value is -4.94. The molecule has 1 aromatic carbocycles. The van der Waals surface area contributed by atoms with Crippen LogP contribution in [0.5, 0.6) is 0 Å². The fourth-order valence-corrected chi connectivity index (χ4v) is 10.0. The number of hydrogen-bond donors (Lipinski definition) is 3. The van der Waals surface area contributed by atoms with Crippen molar-refractivity contribution in [2.75, 3.05) is 47.5 Å². The van der Waals surface area contributed by atoms with Crippen LogP contribution in [0.25, 0.3) is 33.4 Å². The maximum absolute atomic E-state index is 14.6. The molecule has 7 rings (SSSR count). The molecule has 340 valence electrons. The number of aliphatic hydroxyl groups is 1. The molecule has 0 radical (unpaired) electrons. The van der Waals surface area contributed by atoms with Crippen molar-refractivity contribution in [2.45, 2.75) is 110 Å². The van der Waals surface area contributed by atoms with E-state index in [1.54, 1.807) is 32.4 Å². The van der Waals surface area contributed by atoms with Crippen LogP contribution in [0.15, 0.2) is 41.9 Å². The van der Waals surface area contributed by atoms with Crippen molar-refractivity contribution in [3.63, 3.8) is 0 Å². The number of amides is 4. The van der Waals surface area contributed by atoms with Gasteiger partial charge in [-0.2, -0.15) is 5.43 Å². The number of likely N-dealkylation sites (tertiary alicyclic amines) is 1. The van der Waals surface area contributed by atoms with Crippen LogP contribution in [-0.4, -0.2) is 129 Å². The van der Waals surface area contributed by atoms with Gasteiger partial charge in [-0.3, -0.25) is 19.6 Å². The molecule has 3 aliphatic rings. The third-order valence-corrected chi connectivity index (χ3v) is 13.6. The lowest BCUT2D eigenvalue weighted by molar-refractivity contribution is -0.189. The van der Waals surface area contributed by atoms with Gasteiger partial charge in [0, 0.05) is 86.2 Å². The Morgan fingerprint density at radius 3 is 2.57 bits per heavy atom. The van der Waals surface area contributed by atoms with Crippen molar-refractivity contribution in [1.29, 1.82) is 0 Å². The summed E-state index contributed by atoms with van der Waals surface area (Å²) in [5.74, 6) is -2.31. The summed E-state index contributed by atoms with van der Waals surface area (Å²) in [7, 11) is 4.86. The van der Waals surface area contributed by atoms with Crippen LogP contribution in [0.1, 0.15) is 83.7 Å². The van der Waals surface area contributed by atoms with Crippen LogP contribution in [0.2, 0.25) is 0 Å². The molecule has 4 amide bonds. The van der Waals surface area contributed by atoms with Gasteiger partial charge in [0.25, 0.3) is 5.91 Å². The van der Waals surface area contributed by atoms with Gasteiger partial charge in [-0.25, -0.2) is 14.6 Å². The molecule has 3 N–H and O–H groups in total. The minimum atomic E-state index is -2.21. The highest BCUT2D eigenvalue weighted by Crippen LogP contribution is 2.42. The van der Waals surface area contributed by atoms with Gasteiger partial charge < -0.3 is 39.0 Å². The number of methoxy groups -OCH3 is 2. The van der Waals surface area contributed by atoms with E-state index in [2.05, 4.69) is 40.4 Å². The summed E-state index contributed by atoms with van der Waals surface area (Å²) in [5, 5.41) is 19.5. The van der Waals surface area contributed by atoms with E-state index in [0.717, 1.165) is 39.0 Å². The number of urea groups is 1. The number of nitrogens with zero attached hydrogens (tertiary/aromatic N) is 6. The lowest BCUT2D eigenvalue weighted by atomic mass is 9.84. The molecule has 0 aliphatic carbocycles. The Labute approximate surface area is 373 Å². The highest BCUT2D eigenvalue weighted by Gasteiger charge is 2.47. The third-order valence-electron chi connectivity index (χ3n) is 12.7. The normalized spacial score (nSPS) is 22.3. The third kappa shape index (κ3) is 9.08. The lowest BCUT2D eigenvalue weighted by Crippen LogP contribution is -2.68. The number of nitrogens with one attached hydrogen (secondary N) is 2. The number of cyclic esters (lactones) is 1. The molecule has 6 bridgehead atoms. The molecule has 17 heteroatoms. The summed E-state index contributed by atoms with van der Waals surface area (Å²) >= 11 is 1.37. The maximum Gasteiger partial charge on any atom is 0.355 e. The van der Waals surface area contributed by atoms with Crippen molar-refractivity contribution in [3.05, 3.63) is 58.2 Å². The molecule has 0 saturated carbocycles. The summed E-state index contributed by atoms with van der Waals surface area (Å²) in [6, 6.07) is 7.85. The average Bonchev–Trinajstić information content (AvgIpc) is 3.84. The van der Waals surface area contributed by atoms with E-state index in [9.17, 15) is 24.3 Å². The lowest BCUT2D eigenvalue weighted by Gasteiger charge is -2.48. The zero-order chi connectivity index (χ0) is 45.6. The first-order chi connectivity index (χ1) is 29.8. The zero-order valence-corrected chi connectivity index (χ0v) is 38.9. The van der Waals surface area contributed by atoms with Crippen LogP contribution in [-0.2, 0) is 48.0 Å². The molecular formula is C46H62N8O8S. The van der Waals surface area contributed by atoms with Crippen LogP contribution in [0, 0.1) is 11.3 Å². The molecule has 0 spiro atoms. The number of fused-ring (bicyclic) bond motifs is 6. The number of hydrogen-bond acceptors (Lipinski definition) is 12. The van der Waals surface area contributed by atoms with E-state index in [1.807, 2.05) is 59.1 Å². The van der Waals surface area contributed by atoms with Crippen LogP contribution < -0.4 is 10.7 Å². The predicted octanol–water partition coefficient (Wildman–Crippen LogP) is 5.32. The number of thiazole rings is 1. The number of esters is 1. The summed E-state index contributed by atoms with van der Waals surface area (Å²) in [6.45, 7) is 15.3.